The fraction of sp³-hybridized carbons (Fsp3) is 0.381. The molecule has 0 bridgehead atoms. The number of aryl methyl sites for hydroxylation is 2. The number of hydrogen-bond acceptors (Lipinski definition) is 4. The van der Waals surface area contributed by atoms with Gasteiger partial charge in [0.15, 0.2) is 5.65 Å². The second-order valence-electron chi connectivity index (χ2n) is 7.07. The maximum atomic E-state index is 13.0. The van der Waals surface area contributed by atoms with Gasteiger partial charge in [0.05, 0.1) is 23.7 Å². The molecule has 1 amide bonds. The quantitative estimate of drug-likeness (QED) is 0.666. The van der Waals surface area contributed by atoms with Crippen LogP contribution in [0, 0.1) is 13.8 Å². The predicted molar refractivity (Wildman–Crippen MR) is 106 cm³/mol. The summed E-state index contributed by atoms with van der Waals surface area (Å²) in [5.74, 6) is 0.792. The molecule has 3 rings (SSSR count). The molecular formula is C21H26N4O2. The van der Waals surface area contributed by atoms with E-state index in [1.165, 1.54) is 0 Å². The number of hydrogen-bond donors (Lipinski definition) is 0. The van der Waals surface area contributed by atoms with E-state index in [2.05, 4.69) is 10.1 Å². The number of carbonyl (C=O) groups excluding carboxylic acids is 1. The molecule has 0 saturated carbocycles. The SMILES string of the molecule is Cc1cc(C(=O)N(C)CCOc2ccccc2C)c2cnn(C(C)C)c2n1. The zero-order valence-electron chi connectivity index (χ0n) is 16.6. The Kier molecular flexibility index (Phi) is 5.44. The number of amides is 1. The van der Waals surface area contributed by atoms with Gasteiger partial charge in [0, 0.05) is 18.8 Å². The molecule has 0 aliphatic heterocycles. The van der Waals surface area contributed by atoms with Gasteiger partial charge in [0.25, 0.3) is 5.91 Å². The van der Waals surface area contributed by atoms with Gasteiger partial charge < -0.3 is 9.64 Å². The lowest BCUT2D eigenvalue weighted by molar-refractivity contribution is 0.0775. The van der Waals surface area contributed by atoms with Crippen LogP contribution in [0.1, 0.15) is 41.5 Å². The first-order valence-electron chi connectivity index (χ1n) is 9.17. The van der Waals surface area contributed by atoms with E-state index >= 15 is 0 Å². The number of para-hydroxylation sites is 1. The minimum absolute atomic E-state index is 0.0535. The average Bonchev–Trinajstić information content (AvgIpc) is 3.05. The molecule has 142 valence electrons. The second-order valence-corrected chi connectivity index (χ2v) is 7.07. The fourth-order valence-electron chi connectivity index (χ4n) is 3.02. The molecule has 6 heteroatoms. The molecule has 0 N–H and O–H groups in total. The van der Waals surface area contributed by atoms with Gasteiger partial charge in [-0.15, -0.1) is 0 Å². The normalized spacial score (nSPS) is 11.2. The first-order valence-corrected chi connectivity index (χ1v) is 9.17. The van der Waals surface area contributed by atoms with Crippen molar-refractivity contribution in [2.75, 3.05) is 20.2 Å². The Bertz CT molecular complexity index is 962. The van der Waals surface area contributed by atoms with Crippen molar-refractivity contribution in [3.63, 3.8) is 0 Å². The van der Waals surface area contributed by atoms with Gasteiger partial charge in [0.2, 0.25) is 0 Å². The van der Waals surface area contributed by atoms with Crippen molar-refractivity contribution in [2.24, 2.45) is 0 Å². The molecule has 0 aliphatic rings. The summed E-state index contributed by atoms with van der Waals surface area (Å²) in [6.45, 7) is 8.93. The van der Waals surface area contributed by atoms with E-state index in [-0.39, 0.29) is 11.9 Å². The van der Waals surface area contributed by atoms with Crippen LogP contribution in [-0.4, -0.2) is 45.8 Å². The highest BCUT2D eigenvalue weighted by molar-refractivity contribution is 6.05. The summed E-state index contributed by atoms with van der Waals surface area (Å²) in [5, 5.41) is 5.19. The van der Waals surface area contributed by atoms with Crippen LogP contribution >= 0.6 is 0 Å². The van der Waals surface area contributed by atoms with Crippen molar-refractivity contribution < 1.29 is 9.53 Å². The van der Waals surface area contributed by atoms with Gasteiger partial charge in [-0.1, -0.05) is 18.2 Å². The lowest BCUT2D eigenvalue weighted by atomic mass is 10.1. The summed E-state index contributed by atoms with van der Waals surface area (Å²) in [7, 11) is 1.79. The van der Waals surface area contributed by atoms with E-state index in [4.69, 9.17) is 4.74 Å². The van der Waals surface area contributed by atoms with Crippen LogP contribution in [0.25, 0.3) is 11.0 Å². The zero-order chi connectivity index (χ0) is 19.6. The van der Waals surface area contributed by atoms with Crippen LogP contribution < -0.4 is 4.74 Å². The first-order chi connectivity index (χ1) is 12.9. The van der Waals surface area contributed by atoms with Crippen LogP contribution in [0.4, 0.5) is 0 Å². The largest absolute Gasteiger partial charge is 0.491 e. The minimum Gasteiger partial charge on any atom is -0.491 e. The Balaban J connectivity index is 1.76. The molecule has 2 heterocycles. The van der Waals surface area contributed by atoms with E-state index in [0.717, 1.165) is 28.0 Å². The maximum absolute atomic E-state index is 13.0. The van der Waals surface area contributed by atoms with Gasteiger partial charge in [0.1, 0.15) is 12.4 Å². The highest BCUT2D eigenvalue weighted by Gasteiger charge is 2.19. The fourth-order valence-corrected chi connectivity index (χ4v) is 3.02. The molecule has 0 atom stereocenters. The van der Waals surface area contributed by atoms with E-state index < -0.39 is 0 Å². The van der Waals surface area contributed by atoms with Crippen molar-refractivity contribution >= 4 is 16.9 Å². The number of likely N-dealkylation sites (N-methyl/N-ethyl adjacent to an activating group) is 1. The highest BCUT2D eigenvalue weighted by atomic mass is 16.5. The molecule has 27 heavy (non-hydrogen) atoms. The maximum Gasteiger partial charge on any atom is 0.254 e. The van der Waals surface area contributed by atoms with E-state index in [1.54, 1.807) is 18.1 Å². The first kappa shape index (κ1) is 18.9. The summed E-state index contributed by atoms with van der Waals surface area (Å²) in [5.41, 5.74) is 3.26. The van der Waals surface area contributed by atoms with Gasteiger partial charge in [-0.2, -0.15) is 5.10 Å². The van der Waals surface area contributed by atoms with Crippen molar-refractivity contribution in [3.8, 4) is 5.75 Å². The molecule has 6 nitrogen and oxygen atoms in total. The number of fused-ring (bicyclic) bond motifs is 1. The summed E-state index contributed by atoms with van der Waals surface area (Å²) < 4.78 is 7.67. The Hall–Kier alpha value is -2.89. The summed E-state index contributed by atoms with van der Waals surface area (Å²) in [4.78, 5) is 19.3. The number of nitrogens with zero attached hydrogens (tertiary/aromatic N) is 4. The predicted octanol–water partition coefficient (Wildman–Crippen LogP) is 3.78. The van der Waals surface area contributed by atoms with Crippen molar-refractivity contribution in [1.82, 2.24) is 19.7 Å². The van der Waals surface area contributed by atoms with Crippen molar-refractivity contribution in [3.05, 3.63) is 53.3 Å². The van der Waals surface area contributed by atoms with Crippen LogP contribution in [0.3, 0.4) is 0 Å². The number of benzene rings is 1. The molecule has 0 unspecified atom stereocenters. The number of ether oxygens (including phenoxy) is 1. The van der Waals surface area contributed by atoms with Gasteiger partial charge in [-0.05, 0) is 45.4 Å². The van der Waals surface area contributed by atoms with Crippen LogP contribution in [0.5, 0.6) is 5.75 Å². The van der Waals surface area contributed by atoms with Crippen molar-refractivity contribution in [1.29, 1.82) is 0 Å². The van der Waals surface area contributed by atoms with Gasteiger partial charge >= 0.3 is 0 Å². The van der Waals surface area contributed by atoms with Crippen LogP contribution in [-0.2, 0) is 0 Å². The number of aromatic nitrogens is 3. The Morgan fingerprint density at radius 2 is 2.00 bits per heavy atom. The molecular weight excluding hydrogens is 340 g/mol. The molecule has 0 spiro atoms. The molecule has 0 aliphatic carbocycles. The third-order valence-electron chi connectivity index (χ3n) is 4.54. The lowest BCUT2D eigenvalue weighted by Crippen LogP contribution is -2.31. The summed E-state index contributed by atoms with van der Waals surface area (Å²) in [6, 6.07) is 9.88. The zero-order valence-corrected chi connectivity index (χ0v) is 16.6. The lowest BCUT2D eigenvalue weighted by Gasteiger charge is -2.19. The summed E-state index contributed by atoms with van der Waals surface area (Å²) >= 11 is 0. The third-order valence-corrected chi connectivity index (χ3v) is 4.54. The summed E-state index contributed by atoms with van der Waals surface area (Å²) in [6.07, 6.45) is 1.73. The Labute approximate surface area is 159 Å². The Morgan fingerprint density at radius 3 is 2.70 bits per heavy atom. The standard InChI is InChI=1S/C21H26N4O2/c1-14(2)25-20-18(13-22-25)17(12-16(4)23-20)21(26)24(5)10-11-27-19-9-7-6-8-15(19)3/h6-9,12-14H,10-11H2,1-5H3. The van der Waals surface area contributed by atoms with Crippen LogP contribution in [0.15, 0.2) is 36.5 Å². The average molecular weight is 366 g/mol. The molecule has 1 aromatic carbocycles. The topological polar surface area (TPSA) is 60.3 Å². The Morgan fingerprint density at radius 1 is 1.26 bits per heavy atom. The smallest absolute Gasteiger partial charge is 0.254 e. The van der Waals surface area contributed by atoms with E-state index in [0.29, 0.717) is 18.7 Å². The number of pyridine rings is 1. The van der Waals surface area contributed by atoms with Gasteiger partial charge in [-0.25, -0.2) is 9.67 Å². The number of rotatable bonds is 6. The van der Waals surface area contributed by atoms with Gasteiger partial charge in [-0.3, -0.25) is 4.79 Å². The minimum atomic E-state index is -0.0535. The van der Waals surface area contributed by atoms with Crippen LogP contribution in [0.2, 0.25) is 0 Å². The monoisotopic (exact) mass is 366 g/mol. The molecule has 0 saturated heterocycles. The van der Waals surface area contributed by atoms with E-state index in [1.807, 2.05) is 62.7 Å². The second kappa shape index (κ2) is 7.78. The number of carbonyl (C=O) groups is 1. The molecule has 3 aromatic rings. The highest BCUT2D eigenvalue weighted by Crippen LogP contribution is 2.22. The molecule has 2 aromatic heterocycles. The third kappa shape index (κ3) is 3.94. The van der Waals surface area contributed by atoms with E-state index in [9.17, 15) is 4.79 Å². The molecule has 0 fully saturated rings. The molecule has 0 radical (unpaired) electrons. The van der Waals surface area contributed by atoms with Crippen molar-refractivity contribution in [2.45, 2.75) is 33.7 Å².